The van der Waals surface area contributed by atoms with Crippen LogP contribution in [0.15, 0.2) is 53.4 Å². The van der Waals surface area contributed by atoms with Crippen molar-refractivity contribution in [2.75, 3.05) is 21.3 Å². The third-order valence-corrected chi connectivity index (χ3v) is 6.50. The Hall–Kier alpha value is -3.92. The molecule has 0 radical (unpaired) electrons. The summed E-state index contributed by atoms with van der Waals surface area (Å²) in [6, 6.07) is 8.42. The van der Waals surface area contributed by atoms with Crippen LogP contribution in [0.5, 0.6) is 17.2 Å². The SMILES string of the molecule is COc1cc(C2/C(=C(\O)c3ccc(F)c(F)c3)C(=O)C(=O)N2Cc2cccs2)cc(OC)c1OC. The van der Waals surface area contributed by atoms with E-state index in [0.29, 0.717) is 11.3 Å². The van der Waals surface area contributed by atoms with Crippen molar-refractivity contribution < 1.29 is 37.7 Å². The van der Waals surface area contributed by atoms with Gasteiger partial charge >= 0.3 is 0 Å². The van der Waals surface area contributed by atoms with Crippen molar-refractivity contribution in [2.45, 2.75) is 12.6 Å². The number of aliphatic hydroxyl groups excluding tert-OH is 1. The molecule has 1 amide bonds. The molecule has 1 aliphatic rings. The van der Waals surface area contributed by atoms with Gasteiger partial charge in [0.25, 0.3) is 11.7 Å². The number of ketones is 1. The van der Waals surface area contributed by atoms with Crippen molar-refractivity contribution in [2.24, 2.45) is 0 Å². The van der Waals surface area contributed by atoms with Gasteiger partial charge in [-0.05, 0) is 47.3 Å². The Morgan fingerprint density at radius 3 is 2.23 bits per heavy atom. The van der Waals surface area contributed by atoms with Gasteiger partial charge in [0, 0.05) is 10.4 Å². The van der Waals surface area contributed by atoms with Crippen molar-refractivity contribution in [1.29, 1.82) is 0 Å². The Morgan fingerprint density at radius 2 is 1.69 bits per heavy atom. The first-order valence-electron chi connectivity index (χ1n) is 10.4. The maximum absolute atomic E-state index is 13.9. The minimum atomic E-state index is -1.20. The summed E-state index contributed by atoms with van der Waals surface area (Å²) >= 11 is 1.40. The lowest BCUT2D eigenvalue weighted by atomic mass is 9.94. The highest BCUT2D eigenvalue weighted by atomic mass is 32.1. The number of hydrogen-bond acceptors (Lipinski definition) is 7. The monoisotopic (exact) mass is 501 g/mol. The average molecular weight is 502 g/mol. The number of Topliss-reactive ketones (excluding diaryl/α,β-unsaturated/α-hetero) is 1. The lowest BCUT2D eigenvalue weighted by molar-refractivity contribution is -0.140. The molecule has 1 aliphatic heterocycles. The fraction of sp³-hybridized carbons (Fsp3) is 0.200. The van der Waals surface area contributed by atoms with Crippen molar-refractivity contribution in [3.8, 4) is 17.2 Å². The van der Waals surface area contributed by atoms with Crippen molar-refractivity contribution in [3.63, 3.8) is 0 Å². The number of benzene rings is 2. The fourth-order valence-corrected chi connectivity index (χ4v) is 4.72. The second kappa shape index (κ2) is 9.75. The second-order valence-electron chi connectivity index (χ2n) is 7.59. The Kier molecular flexibility index (Phi) is 6.74. The Morgan fingerprint density at radius 1 is 1.00 bits per heavy atom. The number of methoxy groups -OCH3 is 3. The molecule has 1 aromatic heterocycles. The van der Waals surface area contributed by atoms with Crippen LogP contribution in [0.1, 0.15) is 22.0 Å². The number of carbonyl (C=O) groups excluding carboxylic acids is 2. The van der Waals surface area contributed by atoms with Gasteiger partial charge in [0.1, 0.15) is 5.76 Å². The number of likely N-dealkylation sites (tertiary alicyclic amines) is 1. The van der Waals surface area contributed by atoms with Crippen LogP contribution in [0, 0.1) is 11.6 Å². The minimum Gasteiger partial charge on any atom is -0.507 e. The topological polar surface area (TPSA) is 85.3 Å². The molecule has 4 rings (SSSR count). The van der Waals surface area contributed by atoms with E-state index in [4.69, 9.17) is 14.2 Å². The van der Waals surface area contributed by atoms with E-state index in [0.717, 1.165) is 23.1 Å². The number of ether oxygens (including phenoxy) is 3. The summed E-state index contributed by atoms with van der Waals surface area (Å²) in [6.07, 6.45) is 0. The minimum absolute atomic E-state index is 0.0815. The van der Waals surface area contributed by atoms with Crippen molar-refractivity contribution in [1.82, 2.24) is 4.90 Å². The molecule has 0 saturated carbocycles. The second-order valence-corrected chi connectivity index (χ2v) is 8.63. The number of rotatable bonds is 7. The molecule has 1 N–H and O–H groups in total. The first kappa shape index (κ1) is 24.2. The maximum Gasteiger partial charge on any atom is 0.295 e. The molecule has 0 bridgehead atoms. The van der Waals surface area contributed by atoms with Gasteiger partial charge in [0.15, 0.2) is 23.1 Å². The number of thiophene rings is 1. The molecule has 182 valence electrons. The van der Waals surface area contributed by atoms with Gasteiger partial charge in [0.05, 0.1) is 39.5 Å². The first-order chi connectivity index (χ1) is 16.8. The van der Waals surface area contributed by atoms with Gasteiger partial charge in [-0.1, -0.05) is 6.07 Å². The highest BCUT2D eigenvalue weighted by Gasteiger charge is 2.46. The van der Waals surface area contributed by atoms with Crippen LogP contribution in [-0.4, -0.2) is 43.0 Å². The van der Waals surface area contributed by atoms with Crippen LogP contribution in [-0.2, 0) is 16.1 Å². The van der Waals surface area contributed by atoms with E-state index in [-0.39, 0.29) is 29.2 Å². The summed E-state index contributed by atoms with van der Waals surface area (Å²) in [4.78, 5) is 28.4. The van der Waals surface area contributed by atoms with Gasteiger partial charge in [-0.2, -0.15) is 0 Å². The number of nitrogens with zero attached hydrogens (tertiary/aromatic N) is 1. The predicted octanol–water partition coefficient (Wildman–Crippen LogP) is 4.67. The lowest BCUT2D eigenvalue weighted by Gasteiger charge is -2.26. The molecule has 2 aromatic carbocycles. The van der Waals surface area contributed by atoms with Crippen LogP contribution < -0.4 is 14.2 Å². The van der Waals surface area contributed by atoms with Crippen LogP contribution in [0.3, 0.4) is 0 Å². The van der Waals surface area contributed by atoms with Crippen LogP contribution in [0.2, 0.25) is 0 Å². The highest BCUT2D eigenvalue weighted by Crippen LogP contribution is 2.46. The van der Waals surface area contributed by atoms with Gasteiger partial charge in [0.2, 0.25) is 5.75 Å². The van der Waals surface area contributed by atoms with E-state index in [1.807, 2.05) is 17.5 Å². The fourth-order valence-electron chi connectivity index (χ4n) is 4.02. The average Bonchev–Trinajstić information content (AvgIpc) is 3.46. The van der Waals surface area contributed by atoms with Gasteiger partial charge in [-0.25, -0.2) is 8.78 Å². The van der Waals surface area contributed by atoms with E-state index < -0.39 is 35.1 Å². The Bertz CT molecular complexity index is 1300. The zero-order valence-corrected chi connectivity index (χ0v) is 19.8. The number of carbonyl (C=O) groups is 2. The van der Waals surface area contributed by atoms with Gasteiger partial charge in [-0.3, -0.25) is 9.59 Å². The van der Waals surface area contributed by atoms with Crippen LogP contribution in [0.25, 0.3) is 5.76 Å². The predicted molar refractivity (Wildman–Crippen MR) is 125 cm³/mol. The molecule has 0 spiro atoms. The molecule has 7 nitrogen and oxygen atoms in total. The molecule has 1 atom stereocenters. The van der Waals surface area contributed by atoms with Gasteiger partial charge in [-0.15, -0.1) is 11.3 Å². The van der Waals surface area contributed by atoms with E-state index >= 15 is 0 Å². The quantitative estimate of drug-likeness (QED) is 0.288. The molecule has 2 heterocycles. The molecule has 10 heteroatoms. The van der Waals surface area contributed by atoms with E-state index in [1.54, 1.807) is 12.1 Å². The zero-order valence-electron chi connectivity index (χ0n) is 19.0. The van der Waals surface area contributed by atoms with E-state index in [2.05, 4.69) is 0 Å². The Labute approximate surface area is 203 Å². The molecule has 1 fully saturated rings. The molecule has 3 aromatic rings. The molecule has 1 saturated heterocycles. The lowest BCUT2D eigenvalue weighted by Crippen LogP contribution is -2.29. The first-order valence-corrected chi connectivity index (χ1v) is 11.2. The Balaban J connectivity index is 1.95. The molecular weight excluding hydrogens is 480 g/mol. The summed E-state index contributed by atoms with van der Waals surface area (Å²) in [5.74, 6) is -3.90. The highest BCUT2D eigenvalue weighted by molar-refractivity contribution is 7.09. The van der Waals surface area contributed by atoms with Crippen LogP contribution >= 0.6 is 11.3 Å². The van der Waals surface area contributed by atoms with E-state index in [9.17, 15) is 23.5 Å². The third kappa shape index (κ3) is 4.32. The third-order valence-electron chi connectivity index (χ3n) is 5.64. The normalized spacial score (nSPS) is 17.1. The number of amides is 1. The smallest absolute Gasteiger partial charge is 0.295 e. The number of aliphatic hydroxyl groups is 1. The molecule has 35 heavy (non-hydrogen) atoms. The zero-order chi connectivity index (χ0) is 25.3. The standard InChI is InChI=1S/C25H21F2NO6S/c1-32-18-10-14(11-19(33-2)24(18)34-3)21-20(22(29)13-6-7-16(26)17(27)9-13)23(30)25(31)28(21)12-15-5-4-8-35-15/h4-11,21,29H,12H2,1-3H3/b22-20+. The van der Waals surface area contributed by atoms with Crippen molar-refractivity contribution in [3.05, 3.63) is 81.1 Å². The van der Waals surface area contributed by atoms with Crippen molar-refractivity contribution >= 4 is 28.8 Å². The summed E-state index contributed by atoms with van der Waals surface area (Å²) in [5, 5.41) is 12.9. The summed E-state index contributed by atoms with van der Waals surface area (Å²) in [6.45, 7) is 0.0815. The number of hydrogen-bond donors (Lipinski definition) is 1. The molecule has 1 unspecified atom stereocenters. The summed E-state index contributed by atoms with van der Waals surface area (Å²) in [5.41, 5.74) is -0.0262. The summed E-state index contributed by atoms with van der Waals surface area (Å²) < 4.78 is 43.6. The molecule has 0 aliphatic carbocycles. The van der Waals surface area contributed by atoms with E-state index in [1.165, 1.54) is 37.6 Å². The largest absolute Gasteiger partial charge is 0.507 e. The summed E-state index contributed by atoms with van der Waals surface area (Å²) in [7, 11) is 4.28. The number of halogens is 2. The van der Waals surface area contributed by atoms with Crippen LogP contribution in [0.4, 0.5) is 8.78 Å². The van der Waals surface area contributed by atoms with Gasteiger partial charge < -0.3 is 24.2 Å². The molecular formula is C25H21F2NO6S. The maximum atomic E-state index is 13.9.